The molecule has 0 unspecified atom stereocenters. The van der Waals surface area contributed by atoms with Gasteiger partial charge in [-0.15, -0.1) is 0 Å². The molecule has 1 rings (SSSR count). The van der Waals surface area contributed by atoms with E-state index in [9.17, 15) is 53.7 Å². The summed E-state index contributed by atoms with van der Waals surface area (Å²) in [6, 6.07) is -10.4. The monoisotopic (exact) mass is 900 g/mol. The van der Waals surface area contributed by atoms with Crippen molar-refractivity contribution in [2.75, 3.05) is 46.4 Å². The second-order valence-corrected chi connectivity index (χ2v) is 15.1. The van der Waals surface area contributed by atoms with Crippen molar-refractivity contribution < 1.29 is 53.7 Å². The average molecular weight is 900 g/mol. The van der Waals surface area contributed by atoms with Gasteiger partial charge in [-0.25, -0.2) is 0 Å². The lowest BCUT2D eigenvalue weighted by atomic mass is 10.1. The number of hydrogen-bond acceptors (Lipinski definition) is 15. The first kappa shape index (κ1) is 55.3. The Hall–Kier alpha value is -5.70. The highest BCUT2D eigenvalue weighted by Crippen LogP contribution is 2.19. The molecule has 0 aromatic rings. The number of amides is 7. The molecule has 0 saturated carbocycles. The minimum absolute atomic E-state index is 0.0238. The SMILES string of the molecule is CNCCCC[C@H](NC(=O)[C@H](CO)NC(=O)[C@H](CCCN=C(N)N)NC(=O)[C@H](CCCN=C(N)N)NC(=O)[C@@H]1CCCN1C(=O)[C@@H](N)[C@@H](C)O)C(=O)N[C@@H](CO)C(=O)N[C@@H](C)C=O. The third kappa shape index (κ3) is 20.4. The number of aliphatic hydroxyl groups is 3. The number of carbonyl (C=O) groups is 8. The molecule has 0 bridgehead atoms. The molecular weight excluding hydrogens is 831 g/mol. The number of nitrogens with zero attached hydrogens (tertiary/aromatic N) is 3. The lowest BCUT2D eigenvalue weighted by molar-refractivity contribution is -0.142. The Morgan fingerprint density at radius 2 is 1.11 bits per heavy atom. The first-order chi connectivity index (χ1) is 29.8. The maximum absolute atomic E-state index is 14.0. The summed E-state index contributed by atoms with van der Waals surface area (Å²) in [5.41, 5.74) is 27.6. The van der Waals surface area contributed by atoms with Gasteiger partial charge in [0.1, 0.15) is 48.6 Å². The molecule has 358 valence electrons. The number of nitrogens with two attached hydrogens (primary N) is 5. The zero-order valence-electron chi connectivity index (χ0n) is 36.2. The molecule has 0 spiro atoms. The maximum atomic E-state index is 14.0. The Bertz CT molecular complexity index is 1580. The van der Waals surface area contributed by atoms with Crippen LogP contribution in [0.25, 0.3) is 0 Å². The van der Waals surface area contributed by atoms with E-state index in [1.807, 2.05) is 0 Å². The van der Waals surface area contributed by atoms with Crippen molar-refractivity contribution in [3.63, 3.8) is 0 Å². The van der Waals surface area contributed by atoms with Gasteiger partial charge in [0.2, 0.25) is 41.4 Å². The summed E-state index contributed by atoms with van der Waals surface area (Å²) in [5, 5.41) is 47.6. The Morgan fingerprint density at radius 1 is 0.683 bits per heavy atom. The van der Waals surface area contributed by atoms with E-state index >= 15 is 0 Å². The van der Waals surface area contributed by atoms with Crippen molar-refractivity contribution in [3.8, 4) is 0 Å². The van der Waals surface area contributed by atoms with Gasteiger partial charge in [-0.2, -0.15) is 0 Å². The fraction of sp³-hybridized carbons (Fsp3) is 0.730. The molecular formula is C37H69N15O11. The highest BCUT2D eigenvalue weighted by atomic mass is 16.3. The molecule has 20 N–H and O–H groups in total. The van der Waals surface area contributed by atoms with Gasteiger partial charge in [0.15, 0.2) is 11.9 Å². The summed E-state index contributed by atoms with van der Waals surface area (Å²) in [7, 11) is 1.72. The summed E-state index contributed by atoms with van der Waals surface area (Å²) in [6.45, 7) is 1.75. The van der Waals surface area contributed by atoms with Gasteiger partial charge >= 0.3 is 0 Å². The van der Waals surface area contributed by atoms with Crippen molar-refractivity contribution in [2.45, 2.75) is 126 Å². The lowest BCUT2D eigenvalue weighted by Gasteiger charge is -2.29. The van der Waals surface area contributed by atoms with Crippen LogP contribution in [0, 0.1) is 0 Å². The number of unbranched alkanes of at least 4 members (excludes halogenated alkanes) is 1. The van der Waals surface area contributed by atoms with E-state index in [4.69, 9.17) is 28.7 Å². The minimum Gasteiger partial charge on any atom is -0.394 e. The predicted octanol–water partition coefficient (Wildman–Crippen LogP) is -7.71. The number of carbonyl (C=O) groups excluding carboxylic acids is 8. The van der Waals surface area contributed by atoms with E-state index in [0.717, 1.165) is 0 Å². The number of rotatable bonds is 30. The normalized spacial score (nSPS) is 17.2. The molecule has 9 atom stereocenters. The topological polar surface area (TPSA) is 440 Å². The van der Waals surface area contributed by atoms with Gasteiger partial charge in [0.25, 0.3) is 0 Å². The van der Waals surface area contributed by atoms with Gasteiger partial charge in [0.05, 0.1) is 25.4 Å². The third-order valence-corrected chi connectivity index (χ3v) is 9.81. The van der Waals surface area contributed by atoms with Gasteiger partial charge < -0.3 is 90.9 Å². The second-order valence-electron chi connectivity index (χ2n) is 15.1. The number of aliphatic hydroxyl groups excluding tert-OH is 3. The molecule has 1 aliphatic heterocycles. The molecule has 1 fully saturated rings. The van der Waals surface area contributed by atoms with E-state index < -0.39 is 109 Å². The van der Waals surface area contributed by atoms with Crippen LogP contribution in [0.1, 0.15) is 71.6 Å². The third-order valence-electron chi connectivity index (χ3n) is 9.81. The lowest BCUT2D eigenvalue weighted by Crippen LogP contribution is -2.61. The Morgan fingerprint density at radius 3 is 1.54 bits per heavy atom. The maximum Gasteiger partial charge on any atom is 0.245 e. The highest BCUT2D eigenvalue weighted by molar-refractivity contribution is 5.97. The van der Waals surface area contributed by atoms with Gasteiger partial charge in [0, 0.05) is 19.6 Å². The molecule has 7 amide bonds. The van der Waals surface area contributed by atoms with Crippen LogP contribution in [0.3, 0.4) is 0 Å². The van der Waals surface area contributed by atoms with Crippen molar-refractivity contribution in [1.29, 1.82) is 0 Å². The Kier molecular flexibility index (Phi) is 26.0. The van der Waals surface area contributed by atoms with E-state index in [2.05, 4.69) is 47.2 Å². The highest BCUT2D eigenvalue weighted by Gasteiger charge is 2.39. The van der Waals surface area contributed by atoms with Gasteiger partial charge in [-0.3, -0.25) is 43.5 Å². The standard InChI is InChI=1S/C37H69N15O11/c1-20(17-53)46-32(60)25(18-54)50-30(58)22(9-4-5-13-43-3)48-33(61)26(19-55)51-31(59)23(10-6-14-44-36(39)40)47-29(57)24(11-7-15-45-37(41)42)49-34(62)27-12-8-16-52(27)35(63)28(38)21(2)56/h17,20-28,43,54-56H,4-16,18-19,38H2,1-3H3,(H,46,60)(H,47,57)(H,48,61)(H,49,62)(H,50,58)(H,51,59)(H4,39,40,44)(H4,41,42,45)/t20-,21+,22-,23-,24-,25-,26-,27-,28-/m0/s1. The van der Waals surface area contributed by atoms with Crippen molar-refractivity contribution in [2.24, 2.45) is 38.7 Å². The van der Waals surface area contributed by atoms with E-state index in [-0.39, 0.29) is 70.1 Å². The van der Waals surface area contributed by atoms with Crippen LogP contribution >= 0.6 is 0 Å². The molecule has 0 aromatic heterocycles. The van der Waals surface area contributed by atoms with Crippen molar-refractivity contribution in [3.05, 3.63) is 0 Å². The van der Waals surface area contributed by atoms with Crippen molar-refractivity contribution in [1.82, 2.24) is 42.1 Å². The molecule has 26 nitrogen and oxygen atoms in total. The molecule has 1 heterocycles. The molecule has 26 heteroatoms. The van der Waals surface area contributed by atoms with Crippen LogP contribution in [0.5, 0.6) is 0 Å². The number of nitrogens with one attached hydrogen (secondary N) is 7. The van der Waals surface area contributed by atoms with E-state index in [0.29, 0.717) is 32.1 Å². The zero-order valence-corrected chi connectivity index (χ0v) is 36.2. The van der Waals surface area contributed by atoms with Crippen LogP contribution in [0.4, 0.5) is 0 Å². The fourth-order valence-electron chi connectivity index (χ4n) is 6.27. The number of aliphatic imine (C=N–C) groups is 2. The average Bonchev–Trinajstić information content (AvgIpc) is 3.74. The Balaban J connectivity index is 3.37. The first-order valence-electron chi connectivity index (χ1n) is 20.8. The number of aldehydes is 1. The van der Waals surface area contributed by atoms with Crippen LogP contribution in [-0.4, -0.2) is 181 Å². The largest absolute Gasteiger partial charge is 0.394 e. The quantitative estimate of drug-likeness (QED) is 0.0138. The Labute approximate surface area is 366 Å². The van der Waals surface area contributed by atoms with Crippen LogP contribution in [-0.2, 0) is 38.4 Å². The molecule has 1 saturated heterocycles. The summed E-state index contributed by atoms with van der Waals surface area (Å²) in [4.78, 5) is 114. The molecule has 1 aliphatic rings. The molecule has 0 aliphatic carbocycles. The fourth-order valence-corrected chi connectivity index (χ4v) is 6.27. The number of hydrogen-bond donors (Lipinski definition) is 15. The minimum atomic E-state index is -1.68. The van der Waals surface area contributed by atoms with Gasteiger partial charge in [-0.05, 0) is 85.2 Å². The predicted molar refractivity (Wildman–Crippen MR) is 229 cm³/mol. The first-order valence-corrected chi connectivity index (χ1v) is 20.8. The van der Waals surface area contributed by atoms with E-state index in [1.165, 1.54) is 18.7 Å². The number of likely N-dealkylation sites (tertiary alicyclic amines) is 1. The summed E-state index contributed by atoms with van der Waals surface area (Å²) in [6.07, 6.45) is 1.08. The van der Waals surface area contributed by atoms with Crippen LogP contribution < -0.4 is 65.9 Å². The van der Waals surface area contributed by atoms with Crippen molar-refractivity contribution >= 4 is 59.6 Å². The summed E-state index contributed by atoms with van der Waals surface area (Å²) >= 11 is 0. The van der Waals surface area contributed by atoms with Crippen LogP contribution in [0.2, 0.25) is 0 Å². The molecule has 0 radical (unpaired) electrons. The number of guanidine groups is 2. The molecule has 0 aromatic carbocycles. The summed E-state index contributed by atoms with van der Waals surface area (Å²) < 4.78 is 0. The molecule has 63 heavy (non-hydrogen) atoms. The zero-order chi connectivity index (χ0) is 47.6. The smallest absolute Gasteiger partial charge is 0.245 e. The van der Waals surface area contributed by atoms with Gasteiger partial charge in [-0.1, -0.05) is 0 Å². The van der Waals surface area contributed by atoms with E-state index in [1.54, 1.807) is 7.05 Å². The van der Waals surface area contributed by atoms with Crippen LogP contribution in [0.15, 0.2) is 9.98 Å². The second kappa shape index (κ2) is 29.6. The summed E-state index contributed by atoms with van der Waals surface area (Å²) in [5.74, 6) is -6.35.